The minimum absolute atomic E-state index is 0.0375. The maximum atomic E-state index is 12.2. The molecule has 0 aliphatic heterocycles. The molecule has 4 heteroatoms. The number of aryl methyl sites for hydroxylation is 1. The van der Waals surface area contributed by atoms with Crippen LogP contribution in [0.25, 0.3) is 17.0 Å². The lowest BCUT2D eigenvalue weighted by atomic mass is 10.1. The summed E-state index contributed by atoms with van der Waals surface area (Å²) < 4.78 is 5.71. The van der Waals surface area contributed by atoms with Gasteiger partial charge in [-0.05, 0) is 55.8 Å². The van der Waals surface area contributed by atoms with E-state index in [1.54, 1.807) is 30.6 Å². The van der Waals surface area contributed by atoms with Crippen molar-refractivity contribution in [3.8, 4) is 5.75 Å². The number of benzene rings is 1. The Labute approximate surface area is 141 Å². The first-order chi connectivity index (χ1) is 11.7. The van der Waals surface area contributed by atoms with Crippen molar-refractivity contribution < 1.29 is 9.53 Å². The number of allylic oxidation sites excluding steroid dienone is 1. The number of rotatable bonds is 6. The Bertz CT molecular complexity index is 879. The van der Waals surface area contributed by atoms with Gasteiger partial charge in [0.2, 0.25) is 0 Å². The number of hydrogen-bond donors (Lipinski definition) is 1. The molecule has 0 radical (unpaired) electrons. The second kappa shape index (κ2) is 7.13. The van der Waals surface area contributed by atoms with Crippen LogP contribution < -0.4 is 4.74 Å². The third kappa shape index (κ3) is 3.38. The highest BCUT2D eigenvalue weighted by Gasteiger charge is 2.08. The monoisotopic (exact) mass is 320 g/mol. The zero-order valence-electron chi connectivity index (χ0n) is 13.9. The lowest BCUT2D eigenvalue weighted by molar-refractivity contribution is 0.104. The summed E-state index contributed by atoms with van der Waals surface area (Å²) in [6, 6.07) is 9.42. The van der Waals surface area contributed by atoms with Crippen LogP contribution >= 0.6 is 0 Å². The maximum absolute atomic E-state index is 12.2. The molecule has 0 spiro atoms. The third-order valence-corrected chi connectivity index (χ3v) is 3.85. The van der Waals surface area contributed by atoms with Crippen LogP contribution in [0.1, 0.15) is 35.0 Å². The Kier molecular flexibility index (Phi) is 4.75. The number of aromatic amines is 1. The summed E-state index contributed by atoms with van der Waals surface area (Å²) in [4.78, 5) is 19.5. The zero-order chi connectivity index (χ0) is 16.9. The van der Waals surface area contributed by atoms with Crippen molar-refractivity contribution in [3.63, 3.8) is 0 Å². The Hall–Kier alpha value is -2.88. The van der Waals surface area contributed by atoms with Gasteiger partial charge in [-0.1, -0.05) is 6.92 Å². The predicted molar refractivity (Wildman–Crippen MR) is 96.4 cm³/mol. The molecule has 122 valence electrons. The molecule has 2 aromatic heterocycles. The highest BCUT2D eigenvalue weighted by molar-refractivity contribution is 6.08. The molecule has 0 bridgehead atoms. The van der Waals surface area contributed by atoms with Crippen molar-refractivity contribution >= 4 is 22.8 Å². The maximum Gasteiger partial charge on any atom is 0.185 e. The first-order valence-corrected chi connectivity index (χ1v) is 8.06. The SMILES string of the molecule is CCCOc1ccc2[nH]c(C)c(C=CC(=O)c3ccncc3)c2c1. The van der Waals surface area contributed by atoms with Crippen LogP contribution in [0.5, 0.6) is 5.75 Å². The number of carbonyl (C=O) groups is 1. The molecular weight excluding hydrogens is 300 g/mol. The molecular formula is C20H20N2O2. The number of nitrogens with zero attached hydrogens (tertiary/aromatic N) is 1. The average molecular weight is 320 g/mol. The summed E-state index contributed by atoms with van der Waals surface area (Å²) in [5, 5.41) is 1.06. The van der Waals surface area contributed by atoms with E-state index in [4.69, 9.17) is 4.74 Å². The highest BCUT2D eigenvalue weighted by Crippen LogP contribution is 2.27. The van der Waals surface area contributed by atoms with Crippen LogP contribution in [0.2, 0.25) is 0 Å². The van der Waals surface area contributed by atoms with Crippen molar-refractivity contribution in [1.29, 1.82) is 0 Å². The Balaban J connectivity index is 1.91. The lowest BCUT2D eigenvalue weighted by Gasteiger charge is -2.04. The van der Waals surface area contributed by atoms with Crippen LogP contribution in [-0.2, 0) is 0 Å². The molecule has 0 aliphatic rings. The number of hydrogen-bond acceptors (Lipinski definition) is 3. The molecule has 4 nitrogen and oxygen atoms in total. The van der Waals surface area contributed by atoms with E-state index in [0.717, 1.165) is 34.3 Å². The molecule has 1 N–H and O–H groups in total. The van der Waals surface area contributed by atoms with Crippen molar-refractivity contribution in [2.75, 3.05) is 6.61 Å². The normalized spacial score (nSPS) is 11.2. The van der Waals surface area contributed by atoms with Gasteiger partial charge in [0.25, 0.3) is 0 Å². The number of aromatic nitrogens is 2. The molecule has 24 heavy (non-hydrogen) atoms. The van der Waals surface area contributed by atoms with E-state index in [1.165, 1.54) is 0 Å². The van der Waals surface area contributed by atoms with Gasteiger partial charge in [0.15, 0.2) is 5.78 Å². The fourth-order valence-corrected chi connectivity index (χ4v) is 2.62. The second-order valence-electron chi connectivity index (χ2n) is 5.65. The zero-order valence-corrected chi connectivity index (χ0v) is 13.9. The second-order valence-corrected chi connectivity index (χ2v) is 5.65. The number of carbonyl (C=O) groups excluding carboxylic acids is 1. The number of H-pyrrole nitrogens is 1. The Morgan fingerprint density at radius 2 is 2.04 bits per heavy atom. The van der Waals surface area contributed by atoms with Gasteiger partial charge in [-0.2, -0.15) is 0 Å². The van der Waals surface area contributed by atoms with Crippen LogP contribution in [0.3, 0.4) is 0 Å². The first kappa shape index (κ1) is 16.0. The molecule has 2 heterocycles. The fourth-order valence-electron chi connectivity index (χ4n) is 2.62. The quantitative estimate of drug-likeness (QED) is 0.535. The molecule has 0 unspecified atom stereocenters. The van der Waals surface area contributed by atoms with Gasteiger partial charge in [-0.3, -0.25) is 9.78 Å². The number of pyridine rings is 1. The summed E-state index contributed by atoms with van der Waals surface area (Å²) in [5.41, 5.74) is 3.70. The van der Waals surface area contributed by atoms with E-state index in [2.05, 4.69) is 16.9 Å². The van der Waals surface area contributed by atoms with Crippen LogP contribution in [-0.4, -0.2) is 22.4 Å². The van der Waals surface area contributed by atoms with Crippen molar-refractivity contribution in [2.24, 2.45) is 0 Å². The third-order valence-electron chi connectivity index (χ3n) is 3.85. The molecule has 3 aromatic rings. The molecule has 1 aromatic carbocycles. The largest absolute Gasteiger partial charge is 0.494 e. The summed E-state index contributed by atoms with van der Waals surface area (Å²) in [7, 11) is 0. The smallest absolute Gasteiger partial charge is 0.185 e. The molecule has 0 atom stereocenters. The van der Waals surface area contributed by atoms with Gasteiger partial charge in [0.1, 0.15) is 5.75 Å². The average Bonchev–Trinajstić information content (AvgIpc) is 2.93. The fraction of sp³-hybridized carbons (Fsp3) is 0.200. The van der Waals surface area contributed by atoms with Gasteiger partial charge >= 0.3 is 0 Å². The summed E-state index contributed by atoms with van der Waals surface area (Å²) in [6.45, 7) is 4.78. The van der Waals surface area contributed by atoms with E-state index in [-0.39, 0.29) is 5.78 Å². The van der Waals surface area contributed by atoms with Crippen molar-refractivity contribution in [1.82, 2.24) is 9.97 Å². The van der Waals surface area contributed by atoms with Gasteiger partial charge in [0, 0.05) is 40.1 Å². The van der Waals surface area contributed by atoms with E-state index in [1.807, 2.05) is 31.2 Å². The predicted octanol–water partition coefficient (Wildman–Crippen LogP) is 4.56. The first-order valence-electron chi connectivity index (χ1n) is 8.06. The Morgan fingerprint density at radius 3 is 2.79 bits per heavy atom. The molecule has 0 amide bonds. The van der Waals surface area contributed by atoms with Crippen molar-refractivity contribution in [2.45, 2.75) is 20.3 Å². The minimum atomic E-state index is -0.0375. The minimum Gasteiger partial charge on any atom is -0.494 e. The molecule has 0 fully saturated rings. The van der Waals surface area contributed by atoms with E-state index >= 15 is 0 Å². The standard InChI is InChI=1S/C20H20N2O2/c1-3-12-24-16-4-6-19-18(13-16)17(14(2)22-19)5-7-20(23)15-8-10-21-11-9-15/h4-11,13,22H,3,12H2,1-2H3. The van der Waals surface area contributed by atoms with E-state index < -0.39 is 0 Å². The number of nitrogens with one attached hydrogen (secondary N) is 1. The van der Waals surface area contributed by atoms with Gasteiger partial charge in [-0.15, -0.1) is 0 Å². The summed E-state index contributed by atoms with van der Waals surface area (Å²) >= 11 is 0. The summed E-state index contributed by atoms with van der Waals surface area (Å²) in [6.07, 6.45) is 7.67. The Morgan fingerprint density at radius 1 is 1.25 bits per heavy atom. The van der Waals surface area contributed by atoms with Crippen LogP contribution in [0.15, 0.2) is 48.8 Å². The molecule has 0 saturated heterocycles. The van der Waals surface area contributed by atoms with Gasteiger partial charge in [0.05, 0.1) is 6.61 Å². The van der Waals surface area contributed by atoms with Gasteiger partial charge < -0.3 is 9.72 Å². The topological polar surface area (TPSA) is 55.0 Å². The number of ketones is 1. The van der Waals surface area contributed by atoms with Crippen molar-refractivity contribution in [3.05, 3.63) is 65.6 Å². The van der Waals surface area contributed by atoms with Gasteiger partial charge in [-0.25, -0.2) is 0 Å². The molecule has 0 aliphatic carbocycles. The highest BCUT2D eigenvalue weighted by atomic mass is 16.5. The van der Waals surface area contributed by atoms with Crippen LogP contribution in [0.4, 0.5) is 0 Å². The van der Waals surface area contributed by atoms with Crippen LogP contribution in [0, 0.1) is 6.92 Å². The molecule has 3 rings (SSSR count). The lowest BCUT2D eigenvalue weighted by Crippen LogP contribution is -1.94. The van der Waals surface area contributed by atoms with E-state index in [9.17, 15) is 4.79 Å². The number of fused-ring (bicyclic) bond motifs is 1. The summed E-state index contributed by atoms with van der Waals surface area (Å²) in [5.74, 6) is 0.808. The van der Waals surface area contributed by atoms with E-state index in [0.29, 0.717) is 12.2 Å². The molecule has 0 saturated carbocycles. The number of ether oxygens (including phenoxy) is 1.